The topological polar surface area (TPSA) is 77.2 Å². The van der Waals surface area contributed by atoms with E-state index in [9.17, 15) is 4.79 Å². The van der Waals surface area contributed by atoms with Crippen LogP contribution in [0.15, 0.2) is 56.6 Å². The fourth-order valence-electron chi connectivity index (χ4n) is 1.96. The van der Waals surface area contributed by atoms with Crippen molar-refractivity contribution in [1.82, 2.24) is 10.2 Å². The molecule has 6 nitrogen and oxygen atoms in total. The Morgan fingerprint density at radius 3 is 2.78 bits per heavy atom. The van der Waals surface area contributed by atoms with Crippen molar-refractivity contribution in [2.75, 3.05) is 11.1 Å². The second kappa shape index (κ2) is 9.45. The third-order valence-corrected chi connectivity index (χ3v) is 5.10. The summed E-state index contributed by atoms with van der Waals surface area (Å²) >= 11 is 16.5. The van der Waals surface area contributed by atoms with Gasteiger partial charge in [-0.25, -0.2) is 0 Å². The first-order chi connectivity index (χ1) is 13.0. The summed E-state index contributed by atoms with van der Waals surface area (Å²) in [5.74, 6) is 0.668. The van der Waals surface area contributed by atoms with E-state index in [0.717, 1.165) is 16.2 Å². The molecule has 0 saturated heterocycles. The molecule has 1 amide bonds. The molecule has 0 bridgehead atoms. The van der Waals surface area contributed by atoms with Crippen LogP contribution in [0.5, 0.6) is 5.75 Å². The maximum absolute atomic E-state index is 12.0. The van der Waals surface area contributed by atoms with Crippen molar-refractivity contribution in [2.24, 2.45) is 0 Å². The lowest BCUT2D eigenvalue weighted by atomic mass is 10.3. The van der Waals surface area contributed by atoms with Crippen LogP contribution in [0.3, 0.4) is 0 Å². The lowest BCUT2D eigenvalue weighted by molar-refractivity contribution is -0.113. The highest BCUT2D eigenvalue weighted by atomic mass is 79.9. The summed E-state index contributed by atoms with van der Waals surface area (Å²) in [5, 5.41) is 11.7. The van der Waals surface area contributed by atoms with Crippen LogP contribution in [-0.2, 0) is 11.4 Å². The summed E-state index contributed by atoms with van der Waals surface area (Å²) in [4.78, 5) is 12.0. The van der Waals surface area contributed by atoms with Gasteiger partial charge in [0.25, 0.3) is 11.1 Å². The molecule has 0 aliphatic rings. The Balaban J connectivity index is 1.49. The molecule has 0 unspecified atom stereocenters. The van der Waals surface area contributed by atoms with Crippen LogP contribution in [0.2, 0.25) is 10.0 Å². The number of ether oxygens (including phenoxy) is 1. The number of carbonyl (C=O) groups excluding carboxylic acids is 1. The van der Waals surface area contributed by atoms with Gasteiger partial charge in [-0.3, -0.25) is 4.79 Å². The number of amides is 1. The molecule has 27 heavy (non-hydrogen) atoms. The Labute approximate surface area is 177 Å². The highest BCUT2D eigenvalue weighted by Crippen LogP contribution is 2.27. The molecule has 0 atom stereocenters. The van der Waals surface area contributed by atoms with Gasteiger partial charge in [-0.15, -0.1) is 10.2 Å². The summed E-state index contributed by atoms with van der Waals surface area (Å²) in [6, 6.07) is 12.3. The predicted molar refractivity (Wildman–Crippen MR) is 109 cm³/mol. The number of hydrogen-bond donors (Lipinski definition) is 1. The van der Waals surface area contributed by atoms with Crippen LogP contribution < -0.4 is 10.1 Å². The lowest BCUT2D eigenvalue weighted by Crippen LogP contribution is -2.14. The van der Waals surface area contributed by atoms with Gasteiger partial charge in [0.15, 0.2) is 6.61 Å². The third kappa shape index (κ3) is 5.87. The first kappa shape index (κ1) is 20.0. The van der Waals surface area contributed by atoms with Gasteiger partial charge in [-0.2, -0.15) is 0 Å². The molecule has 3 rings (SSSR count). The highest BCUT2D eigenvalue weighted by Gasteiger charge is 2.12. The molecule has 0 fully saturated rings. The van der Waals surface area contributed by atoms with Crippen molar-refractivity contribution in [2.45, 2.75) is 11.8 Å². The van der Waals surface area contributed by atoms with E-state index in [0.29, 0.717) is 21.5 Å². The quantitative estimate of drug-likeness (QED) is 0.445. The van der Waals surface area contributed by atoms with Crippen LogP contribution in [0.4, 0.5) is 5.69 Å². The normalized spacial score (nSPS) is 10.6. The van der Waals surface area contributed by atoms with Gasteiger partial charge >= 0.3 is 0 Å². The number of benzene rings is 2. The second-order valence-electron chi connectivity index (χ2n) is 5.14. The Morgan fingerprint density at radius 2 is 2.00 bits per heavy atom. The van der Waals surface area contributed by atoms with Crippen LogP contribution in [0, 0.1) is 0 Å². The average molecular weight is 489 g/mol. The van der Waals surface area contributed by atoms with Gasteiger partial charge in [0.1, 0.15) is 5.75 Å². The fraction of sp³-hybridized carbons (Fsp3) is 0.118. The van der Waals surface area contributed by atoms with E-state index in [2.05, 4.69) is 31.4 Å². The number of nitrogens with one attached hydrogen (secondary N) is 1. The predicted octanol–water partition coefficient (Wildman–Crippen LogP) is 5.45. The number of anilines is 1. The molecule has 0 aliphatic heterocycles. The van der Waals surface area contributed by atoms with Gasteiger partial charge in [0.2, 0.25) is 5.91 Å². The molecule has 1 aromatic heterocycles. The monoisotopic (exact) mass is 487 g/mol. The lowest BCUT2D eigenvalue weighted by Gasteiger charge is -2.06. The third-order valence-electron chi connectivity index (χ3n) is 3.17. The van der Waals surface area contributed by atoms with Gasteiger partial charge in [-0.05, 0) is 30.3 Å². The van der Waals surface area contributed by atoms with Crippen LogP contribution in [0.1, 0.15) is 5.89 Å². The summed E-state index contributed by atoms with van der Waals surface area (Å²) in [7, 11) is 0. The minimum atomic E-state index is -0.240. The Hall–Kier alpha value is -1.74. The zero-order valence-electron chi connectivity index (χ0n) is 13.6. The first-order valence-corrected chi connectivity index (χ1v) is 10.1. The van der Waals surface area contributed by atoms with Crippen molar-refractivity contribution >= 4 is 62.5 Å². The van der Waals surface area contributed by atoms with Gasteiger partial charge in [-0.1, -0.05) is 63.0 Å². The van der Waals surface area contributed by atoms with Crippen LogP contribution in [-0.4, -0.2) is 21.9 Å². The molecule has 3 aromatic rings. The largest absolute Gasteiger partial charge is 0.482 e. The molecule has 0 spiro atoms. The molecular formula is C17H12BrCl2N3O3S. The zero-order valence-corrected chi connectivity index (χ0v) is 17.5. The Morgan fingerprint density at radius 1 is 1.19 bits per heavy atom. The molecule has 1 heterocycles. The Kier molecular flexibility index (Phi) is 7.01. The molecule has 2 aromatic carbocycles. The van der Waals surface area contributed by atoms with Crippen LogP contribution >= 0.6 is 50.9 Å². The molecular weight excluding hydrogens is 477 g/mol. The maximum Gasteiger partial charge on any atom is 0.277 e. The number of thioether (sulfide) groups is 1. The second-order valence-corrected chi connectivity index (χ2v) is 7.80. The van der Waals surface area contributed by atoms with E-state index in [4.69, 9.17) is 32.4 Å². The molecule has 1 N–H and O–H groups in total. The number of nitrogens with zero attached hydrogens (tertiary/aromatic N) is 2. The molecule has 0 saturated carbocycles. The van der Waals surface area contributed by atoms with Crippen molar-refractivity contribution in [1.29, 1.82) is 0 Å². The smallest absolute Gasteiger partial charge is 0.277 e. The fourth-order valence-corrected chi connectivity index (χ4v) is 3.45. The van der Waals surface area contributed by atoms with Crippen molar-refractivity contribution in [3.63, 3.8) is 0 Å². The molecule has 140 valence electrons. The van der Waals surface area contributed by atoms with E-state index in [1.54, 1.807) is 30.3 Å². The summed E-state index contributed by atoms with van der Waals surface area (Å²) in [5.41, 5.74) is 0.532. The first-order valence-electron chi connectivity index (χ1n) is 7.58. The highest BCUT2D eigenvalue weighted by molar-refractivity contribution is 9.10. The minimum Gasteiger partial charge on any atom is -0.482 e. The zero-order chi connectivity index (χ0) is 19.2. The Bertz CT molecular complexity index is 955. The summed E-state index contributed by atoms with van der Waals surface area (Å²) in [6.45, 7) is 0.0813. The number of hydrogen-bond acceptors (Lipinski definition) is 6. The van der Waals surface area contributed by atoms with E-state index >= 15 is 0 Å². The molecule has 10 heteroatoms. The maximum atomic E-state index is 12.0. The van der Waals surface area contributed by atoms with Crippen molar-refractivity contribution in [3.05, 3.63) is 62.9 Å². The van der Waals surface area contributed by atoms with E-state index in [1.165, 1.54) is 0 Å². The van der Waals surface area contributed by atoms with Crippen LogP contribution in [0.25, 0.3) is 0 Å². The number of halogens is 3. The van der Waals surface area contributed by atoms with Gasteiger partial charge in [0, 0.05) is 4.47 Å². The number of aromatic nitrogens is 2. The van der Waals surface area contributed by atoms with E-state index in [1.807, 2.05) is 12.1 Å². The van der Waals surface area contributed by atoms with E-state index < -0.39 is 0 Å². The molecule has 0 aliphatic carbocycles. The number of rotatable bonds is 7. The van der Waals surface area contributed by atoms with E-state index in [-0.39, 0.29) is 29.4 Å². The standard InChI is InChI=1S/C17H12BrCl2N3O3S/c18-10-5-6-13(12(20)7-10)21-15(24)9-27-17-23-22-16(26-17)8-25-14-4-2-1-3-11(14)19/h1-7H,8-9H2,(H,21,24). The average Bonchev–Trinajstić information content (AvgIpc) is 3.10. The summed E-state index contributed by atoms with van der Waals surface area (Å²) in [6.07, 6.45) is 0. The SMILES string of the molecule is O=C(CSc1nnc(COc2ccccc2Cl)o1)Nc1ccc(Br)cc1Cl. The van der Waals surface area contributed by atoms with Crippen molar-refractivity contribution in [3.8, 4) is 5.75 Å². The van der Waals surface area contributed by atoms with Gasteiger partial charge in [0.05, 0.1) is 21.5 Å². The summed E-state index contributed by atoms with van der Waals surface area (Å²) < 4.78 is 11.8. The van der Waals surface area contributed by atoms with Gasteiger partial charge < -0.3 is 14.5 Å². The van der Waals surface area contributed by atoms with Crippen molar-refractivity contribution < 1.29 is 13.9 Å². The minimum absolute atomic E-state index is 0.0813. The molecule has 0 radical (unpaired) electrons. The number of carbonyl (C=O) groups is 1. The number of para-hydroxylation sites is 1.